The minimum atomic E-state index is -4.57. The predicted molar refractivity (Wildman–Crippen MR) is 158 cm³/mol. The van der Waals surface area contributed by atoms with Gasteiger partial charge in [0.25, 0.3) is 0 Å². The highest BCUT2D eigenvalue weighted by Crippen LogP contribution is 2.40. The third-order valence-electron chi connectivity index (χ3n) is 7.29. The second-order valence-electron chi connectivity index (χ2n) is 10.1. The fourth-order valence-corrected chi connectivity index (χ4v) is 6.71. The topological polar surface area (TPSA) is 68.7 Å². The van der Waals surface area contributed by atoms with Gasteiger partial charge >= 0.3 is 6.18 Å². The molecular weight excluding hydrogens is 577 g/mol. The number of benzene rings is 4. The Morgan fingerprint density at radius 2 is 1.53 bits per heavy atom. The van der Waals surface area contributed by atoms with Crippen molar-refractivity contribution in [2.75, 3.05) is 26.3 Å². The Balaban J connectivity index is 1.40. The zero-order valence-corrected chi connectivity index (χ0v) is 23.7. The molecule has 1 aliphatic heterocycles. The van der Waals surface area contributed by atoms with Crippen LogP contribution >= 0.6 is 0 Å². The van der Waals surface area contributed by atoms with Crippen LogP contribution in [0.25, 0.3) is 22.0 Å². The van der Waals surface area contributed by atoms with Crippen molar-refractivity contribution in [1.82, 2.24) is 9.29 Å². The van der Waals surface area contributed by atoms with Crippen molar-refractivity contribution in [3.8, 4) is 22.6 Å². The molecule has 0 aliphatic carbocycles. The minimum absolute atomic E-state index is 0.105. The summed E-state index contributed by atoms with van der Waals surface area (Å²) >= 11 is 0. The number of fused-ring (bicyclic) bond motifs is 1. The van der Waals surface area contributed by atoms with Crippen LogP contribution in [-0.2, 0) is 27.4 Å². The van der Waals surface area contributed by atoms with Crippen LogP contribution in [0.4, 0.5) is 13.2 Å². The molecule has 10 heteroatoms. The van der Waals surface area contributed by atoms with Gasteiger partial charge in [-0.05, 0) is 59.0 Å². The molecule has 0 atom stereocenters. The lowest BCUT2D eigenvalue weighted by molar-refractivity contribution is -0.136. The highest BCUT2D eigenvalue weighted by atomic mass is 32.2. The summed E-state index contributed by atoms with van der Waals surface area (Å²) in [5.74, 6) is 0.718. The van der Waals surface area contributed by atoms with Crippen molar-refractivity contribution < 1.29 is 31.1 Å². The highest BCUT2D eigenvalue weighted by molar-refractivity contribution is 7.89. The van der Waals surface area contributed by atoms with Crippen LogP contribution < -0.4 is 4.74 Å². The zero-order valence-electron chi connectivity index (χ0n) is 22.9. The molecule has 220 valence electrons. The van der Waals surface area contributed by atoms with Crippen molar-refractivity contribution in [3.05, 3.63) is 120 Å². The van der Waals surface area contributed by atoms with Crippen molar-refractivity contribution in [1.29, 1.82) is 0 Å². The van der Waals surface area contributed by atoms with Crippen LogP contribution in [0.3, 0.4) is 0 Å². The summed E-state index contributed by atoms with van der Waals surface area (Å²) in [6.45, 7) is 1.22. The Morgan fingerprint density at radius 1 is 0.837 bits per heavy atom. The quantitative estimate of drug-likeness (QED) is 0.195. The monoisotopic (exact) mass is 604 g/mol. The van der Waals surface area contributed by atoms with E-state index in [4.69, 9.17) is 9.47 Å². The Morgan fingerprint density at radius 3 is 2.28 bits per heavy atom. The van der Waals surface area contributed by atoms with E-state index in [0.29, 0.717) is 47.6 Å². The van der Waals surface area contributed by atoms with E-state index in [-0.39, 0.29) is 23.5 Å². The normalized spacial score (nSPS) is 14.6. The fourth-order valence-electron chi connectivity index (χ4n) is 5.27. The van der Waals surface area contributed by atoms with Crippen LogP contribution in [0, 0.1) is 0 Å². The van der Waals surface area contributed by atoms with E-state index < -0.39 is 21.8 Å². The molecule has 6 nitrogen and oxygen atoms in total. The molecule has 1 saturated heterocycles. The molecule has 0 amide bonds. The molecule has 1 aliphatic rings. The van der Waals surface area contributed by atoms with Crippen LogP contribution in [0.2, 0.25) is 0 Å². The van der Waals surface area contributed by atoms with Crippen LogP contribution in [0.15, 0.2) is 108 Å². The Hall–Kier alpha value is -4.25. The SMILES string of the molecule is O=S(=O)(c1cccc(Oc2cccc(-c3c(Cc4ccccc4)cnc4c(C(F)(F)F)cccc34)c2)c1)N1CCOCC1. The molecule has 6 rings (SSSR count). The van der Waals surface area contributed by atoms with Gasteiger partial charge in [0.15, 0.2) is 0 Å². The second-order valence-corrected chi connectivity index (χ2v) is 12.1. The van der Waals surface area contributed by atoms with Gasteiger partial charge in [-0.25, -0.2) is 8.42 Å². The Bertz CT molecular complexity index is 1870. The molecule has 2 heterocycles. The standard InChI is InChI=1S/C33H27F3N2O4S/c34-33(35,36)30-14-6-13-29-31(25(22-37-32(29)30)19-23-7-2-1-3-8-23)24-9-4-10-26(20-24)42-27-11-5-12-28(21-27)43(39,40)38-15-17-41-18-16-38/h1-14,20-22H,15-19H2. The summed E-state index contributed by atoms with van der Waals surface area (Å²) in [4.78, 5) is 4.38. The first-order valence-corrected chi connectivity index (χ1v) is 15.1. The van der Waals surface area contributed by atoms with Crippen LogP contribution in [0.5, 0.6) is 11.5 Å². The third kappa shape index (κ3) is 6.13. The fraction of sp³-hybridized carbons (Fsp3) is 0.182. The number of hydrogen-bond acceptors (Lipinski definition) is 5. The zero-order chi connectivity index (χ0) is 30.0. The Kier molecular flexibility index (Phi) is 7.91. The van der Waals surface area contributed by atoms with E-state index in [1.165, 1.54) is 28.7 Å². The number of para-hydroxylation sites is 1. The summed E-state index contributed by atoms with van der Waals surface area (Å²) in [7, 11) is -3.73. The number of aromatic nitrogens is 1. The van der Waals surface area contributed by atoms with Gasteiger partial charge in [-0.3, -0.25) is 4.98 Å². The lowest BCUT2D eigenvalue weighted by atomic mass is 9.92. The van der Waals surface area contributed by atoms with E-state index in [1.54, 1.807) is 36.4 Å². The van der Waals surface area contributed by atoms with Crippen LogP contribution in [0.1, 0.15) is 16.7 Å². The first-order valence-electron chi connectivity index (χ1n) is 13.7. The largest absolute Gasteiger partial charge is 0.457 e. The third-order valence-corrected chi connectivity index (χ3v) is 9.19. The van der Waals surface area contributed by atoms with Crippen LogP contribution in [-0.4, -0.2) is 44.0 Å². The molecule has 1 fully saturated rings. The Labute approximate surface area is 247 Å². The van der Waals surface area contributed by atoms with E-state index in [0.717, 1.165) is 17.2 Å². The smallest absolute Gasteiger partial charge is 0.418 e. The maximum atomic E-state index is 13.9. The van der Waals surface area contributed by atoms with Gasteiger partial charge in [0, 0.05) is 30.7 Å². The highest BCUT2D eigenvalue weighted by Gasteiger charge is 2.34. The lowest BCUT2D eigenvalue weighted by Gasteiger charge is -2.26. The first-order chi connectivity index (χ1) is 20.7. The number of rotatable bonds is 7. The van der Waals surface area contributed by atoms with Gasteiger partial charge in [0.2, 0.25) is 10.0 Å². The molecule has 5 aromatic rings. The van der Waals surface area contributed by atoms with E-state index in [1.807, 2.05) is 36.4 Å². The minimum Gasteiger partial charge on any atom is -0.457 e. The number of ether oxygens (including phenoxy) is 2. The van der Waals surface area contributed by atoms with Gasteiger partial charge in [-0.2, -0.15) is 17.5 Å². The maximum Gasteiger partial charge on any atom is 0.418 e. The number of hydrogen-bond donors (Lipinski definition) is 0. The molecule has 4 aromatic carbocycles. The first kappa shape index (κ1) is 28.9. The summed E-state index contributed by atoms with van der Waals surface area (Å²) in [5, 5.41) is 0.374. The van der Waals surface area contributed by atoms with Crippen molar-refractivity contribution in [2.45, 2.75) is 17.5 Å². The number of halogens is 3. The molecule has 1 aromatic heterocycles. The summed E-state index contributed by atoms with van der Waals surface area (Å²) in [6.07, 6.45) is -2.60. The van der Waals surface area contributed by atoms with Gasteiger partial charge < -0.3 is 9.47 Å². The van der Waals surface area contributed by atoms with Gasteiger partial charge in [0.05, 0.1) is 29.2 Å². The van der Waals surface area contributed by atoms with Gasteiger partial charge in [0.1, 0.15) is 11.5 Å². The summed E-state index contributed by atoms with van der Waals surface area (Å²) in [6, 6.07) is 27.0. The number of nitrogens with zero attached hydrogens (tertiary/aromatic N) is 2. The molecule has 0 radical (unpaired) electrons. The molecule has 0 unspecified atom stereocenters. The van der Waals surface area contributed by atoms with E-state index in [9.17, 15) is 21.6 Å². The molecule has 0 spiro atoms. The van der Waals surface area contributed by atoms with E-state index >= 15 is 0 Å². The van der Waals surface area contributed by atoms with Gasteiger partial charge in [-0.15, -0.1) is 0 Å². The molecule has 0 saturated carbocycles. The van der Waals surface area contributed by atoms with E-state index in [2.05, 4.69) is 4.98 Å². The van der Waals surface area contributed by atoms with Crippen molar-refractivity contribution >= 4 is 20.9 Å². The van der Waals surface area contributed by atoms with Gasteiger partial charge in [-0.1, -0.05) is 60.7 Å². The number of sulfonamides is 1. The number of pyridine rings is 1. The average molecular weight is 605 g/mol. The molecule has 0 bridgehead atoms. The summed E-state index contributed by atoms with van der Waals surface area (Å²) < 4.78 is 80.9. The average Bonchev–Trinajstić information content (AvgIpc) is 3.01. The molecule has 0 N–H and O–H groups in total. The van der Waals surface area contributed by atoms with Crippen molar-refractivity contribution in [3.63, 3.8) is 0 Å². The lowest BCUT2D eigenvalue weighted by Crippen LogP contribution is -2.40. The predicted octanol–water partition coefficient (Wildman–Crippen LogP) is 7.32. The maximum absolute atomic E-state index is 13.9. The number of alkyl halides is 3. The second kappa shape index (κ2) is 11.8. The molecule has 43 heavy (non-hydrogen) atoms. The number of morpholine rings is 1. The molecular formula is C33H27F3N2O4S. The van der Waals surface area contributed by atoms with Crippen molar-refractivity contribution in [2.24, 2.45) is 0 Å². The summed E-state index contributed by atoms with van der Waals surface area (Å²) in [5.41, 5.74) is 2.08.